The summed E-state index contributed by atoms with van der Waals surface area (Å²) in [6, 6.07) is 12.7. The summed E-state index contributed by atoms with van der Waals surface area (Å²) in [6.07, 6.45) is 19.7. The number of rotatable bonds is 28. The lowest BCUT2D eigenvalue weighted by Crippen LogP contribution is -2.85. The van der Waals surface area contributed by atoms with E-state index in [0.717, 1.165) is 17.4 Å². The maximum Gasteiger partial charge on any atom is 0.0580 e. The zero-order valence-electron chi connectivity index (χ0n) is 95.6. The zero-order chi connectivity index (χ0) is 95.9. The van der Waals surface area contributed by atoms with Crippen LogP contribution in [0.2, 0.25) is 445 Å². The van der Waals surface area contributed by atoms with E-state index in [-0.39, 0.29) is 0 Å². The van der Waals surface area contributed by atoms with Gasteiger partial charge in [-0.15, -0.1) is 0 Å². The number of hydrogen-bond acceptors (Lipinski definition) is 1. The molecule has 3 saturated carbocycles. The molecule has 0 aromatic carbocycles. The number of hydrogen-bond donors (Lipinski definition) is 0. The summed E-state index contributed by atoms with van der Waals surface area (Å²) in [5.41, 5.74) is 3.46. The lowest BCUT2D eigenvalue weighted by atomic mass is 10.0. The normalized spacial score (nSPS) is 21.2. The van der Waals surface area contributed by atoms with Gasteiger partial charge in [-0.2, -0.15) is 0 Å². The molecule has 4 bridgehead atoms. The molecule has 5 aliphatic rings. The first-order valence-corrected chi connectivity index (χ1v) is 156. The van der Waals surface area contributed by atoms with Gasteiger partial charge in [-0.3, -0.25) is 0 Å². The van der Waals surface area contributed by atoms with Gasteiger partial charge in [-0.25, -0.2) is 0 Å². The molecule has 6 atom stereocenters. The van der Waals surface area contributed by atoms with Crippen LogP contribution in [0.1, 0.15) is 77.0 Å². The van der Waals surface area contributed by atoms with Crippen LogP contribution in [0, 0.1) is 11.8 Å². The largest absolute Gasteiger partial charge is 0.375 e. The van der Waals surface area contributed by atoms with E-state index in [1.807, 2.05) is 0 Å². The highest BCUT2D eigenvalue weighted by Crippen LogP contribution is 2.62. The fourth-order valence-corrected chi connectivity index (χ4v) is 547. The summed E-state index contributed by atoms with van der Waals surface area (Å²) in [7, 11) is -9.41. The summed E-state index contributed by atoms with van der Waals surface area (Å²) in [5.74, 6) is 2.30. The maximum absolute atomic E-state index is 6.38. The van der Waals surface area contributed by atoms with Gasteiger partial charge < -0.3 is 4.74 Å². The summed E-state index contributed by atoms with van der Waals surface area (Å²) in [5, 5.41) is 0. The first-order chi connectivity index (χ1) is 51.2. The zero-order valence-corrected chi connectivity index (χ0v) is 134. The molecule has 5 rings (SSSR count). The monoisotopic (exact) mass is 2150 g/mol. The van der Waals surface area contributed by atoms with Crippen molar-refractivity contribution in [1.82, 2.24) is 0 Å². The summed E-state index contributed by atoms with van der Waals surface area (Å²) < 4.78 is 6.38. The van der Waals surface area contributed by atoms with Crippen molar-refractivity contribution >= 4 is 249 Å². The third-order valence-electron chi connectivity index (χ3n) is 34.7. The molecule has 0 aromatic heterocycles. The smallest absolute Gasteiger partial charge is 0.0580 e. The predicted octanol–water partition coefficient (Wildman–Crippen LogP) is 25.8. The number of fused-ring (bicyclic) bond motifs is 4. The minimum atomic E-state index is -1.23. The summed E-state index contributed by atoms with van der Waals surface area (Å²) in [6.45, 7) is 150. The lowest BCUT2D eigenvalue weighted by Gasteiger charge is -2.62. The number of ether oxygens (including phenoxy) is 1. The molecular weight excluding hydrogens is 1910 g/mol. The molecule has 0 spiro atoms. The molecule has 117 heavy (non-hydrogen) atoms. The van der Waals surface area contributed by atoms with Crippen molar-refractivity contribution in [3.05, 3.63) is 0 Å². The third-order valence-corrected chi connectivity index (χ3v) is 443. The van der Waals surface area contributed by atoms with Gasteiger partial charge in [-0.05, 0) is 79.3 Å². The standard InChI is InChI=1S/C16H38Si4.C15H36OSi4.C15H38Si4.C11H34Si5.2C9H28Si4.C7H22Si3.3CH6Si/c1-17(2,3)20(18(4,5)6,19(7,8)9)16-13-14-10-11-15(16)12-14;1-17(2,3)20(18(4,5)6,19(7,8)9)15-12-13-10-11-14(15)16-13;1-16(2,3)19(17(4,5)6,18(7,8)9)15-13-11-10-12-14-15;1-13(2,3)16(11-10-12,14(4,5)6)15(7,8)9;1-11(2,3)13(6,7)12(4,5)9-8-10;1-11(2,3)13(7,9-8-10)12(4,5)6;1-9(2,3)10(4,5)7-6-8;3*1-2/h14-16H,10-13H2,1-9H3;13-15H,10-12H2,1-9H3;15H,10-14H2,1-9H3;10-11H2,1-9,12H3;2*8-9H2,1-7,10H3;6-7H2,1-5,8H3;3*1-2H3. The maximum atomic E-state index is 6.38. The van der Waals surface area contributed by atoms with Crippen LogP contribution < -0.4 is 0 Å². The molecule has 32 heteroatoms. The Morgan fingerprint density at radius 1 is 0.239 bits per heavy atom. The topological polar surface area (TPSA) is 9.23 Å². The highest BCUT2D eigenvalue weighted by molar-refractivity contribution is 7.92. The van der Waals surface area contributed by atoms with Crippen LogP contribution in [-0.4, -0.2) is 261 Å². The fraction of sp³-hybridized carbons (Fsp3) is 1.00. The van der Waals surface area contributed by atoms with Crippen LogP contribution in [0.25, 0.3) is 0 Å². The molecule has 2 saturated heterocycles. The van der Waals surface area contributed by atoms with Crippen molar-refractivity contribution in [3.63, 3.8) is 0 Å². The van der Waals surface area contributed by atoms with Gasteiger partial charge >= 0.3 is 0 Å². The van der Waals surface area contributed by atoms with Gasteiger partial charge in [0.15, 0.2) is 0 Å². The molecular formula is C85H242OSi31. The molecule has 0 radical (unpaired) electrons. The minimum Gasteiger partial charge on any atom is -0.375 e. The molecule has 5 fully saturated rings. The van der Waals surface area contributed by atoms with Crippen LogP contribution in [0.3, 0.4) is 0 Å². The average Bonchev–Trinajstić information content (AvgIpc) is 1.69. The van der Waals surface area contributed by atoms with Gasteiger partial charge in [0.1, 0.15) is 0 Å². The van der Waals surface area contributed by atoms with E-state index in [9.17, 15) is 0 Å². The Morgan fingerprint density at radius 2 is 0.530 bits per heavy atom. The van der Waals surface area contributed by atoms with Gasteiger partial charge in [-0.1, -0.05) is 485 Å². The Labute approximate surface area is 790 Å². The first kappa shape index (κ1) is 132. The molecule has 2 aliphatic heterocycles. The molecule has 0 amide bonds. The predicted molar refractivity (Wildman–Crippen MR) is 669 cm³/mol. The molecule has 1 nitrogen and oxygen atoms in total. The highest BCUT2D eigenvalue weighted by atomic mass is 29.9. The van der Waals surface area contributed by atoms with Crippen molar-refractivity contribution in [3.8, 4) is 0 Å². The molecule has 6 unspecified atom stereocenters. The van der Waals surface area contributed by atoms with Gasteiger partial charge in [0.25, 0.3) is 0 Å². The third kappa shape index (κ3) is 32.2. The molecule has 0 aromatic rings. The van der Waals surface area contributed by atoms with Crippen molar-refractivity contribution in [2.75, 3.05) is 0 Å². The van der Waals surface area contributed by atoms with Crippen LogP contribution >= 0.6 is 0 Å². The van der Waals surface area contributed by atoms with Gasteiger partial charge in [0.05, 0.1) is 12.2 Å². The second-order valence-electron chi connectivity index (χ2n) is 57.4. The summed E-state index contributed by atoms with van der Waals surface area (Å²) in [4.78, 5) is 0. The first-order valence-electron chi connectivity index (χ1n) is 50.9. The fourth-order valence-electron chi connectivity index (χ4n) is 31.9. The average molecular weight is 2150 g/mol. The Kier molecular flexibility index (Phi) is 55.3. The van der Waals surface area contributed by atoms with E-state index in [4.69, 9.17) is 4.74 Å². The van der Waals surface area contributed by atoms with E-state index in [1.165, 1.54) is 115 Å². The molecule has 2 heterocycles. The Balaban J connectivity index is -0.000000417. The van der Waals surface area contributed by atoms with Gasteiger partial charge in [0.2, 0.25) is 0 Å². The Hall–Kier alpha value is 6.68. The van der Waals surface area contributed by atoms with E-state index in [0.29, 0.717) is 12.2 Å². The van der Waals surface area contributed by atoms with Gasteiger partial charge in [0, 0.05) is 218 Å². The Bertz CT molecular complexity index is 2500. The van der Waals surface area contributed by atoms with Crippen molar-refractivity contribution in [2.45, 2.75) is 534 Å². The van der Waals surface area contributed by atoms with Crippen LogP contribution in [0.15, 0.2) is 0 Å². The minimum absolute atomic E-state index is 0.640. The second-order valence-corrected chi connectivity index (χ2v) is 302. The second kappa shape index (κ2) is 48.9. The summed E-state index contributed by atoms with van der Waals surface area (Å²) >= 11 is 0. The van der Waals surface area contributed by atoms with Crippen LogP contribution in [0.4, 0.5) is 0 Å². The lowest BCUT2D eigenvalue weighted by molar-refractivity contribution is 0.105. The molecule has 3 aliphatic carbocycles. The van der Waals surface area contributed by atoms with E-state index < -0.39 is 177 Å². The van der Waals surface area contributed by atoms with Crippen LogP contribution in [-0.2, 0) is 4.74 Å². The molecule has 0 N–H and O–H groups in total. The van der Waals surface area contributed by atoms with E-state index in [2.05, 4.69) is 380 Å². The van der Waals surface area contributed by atoms with Crippen molar-refractivity contribution in [1.29, 1.82) is 0 Å². The SMILES string of the molecule is C[SiH3].C[SiH3].C[SiH3].C[Si](C)(C)[Si](C)(C)CC[SiH3].C[Si](C)(C)[Si](C)(C)[Si](C)(C)CC[SiH3].C[Si](C)(C)[Si](C)(CC[SiH3])[Si](C)(C)C.C[Si](C)(C)[Si](C1CC2CCC1C2)([Si](C)(C)C)[Si](C)(C)C.C[Si](C)(C)[Si](C1CC2CCC1O2)([Si](C)(C)C)[Si](C)(C)C.C[Si](C)(C)[Si](C1CCCCC1)([Si](C)(C)C)[Si](C)(C)C.C[Si](C)(C)[Si](CC[SiH3])([Si](C)(C)C)[Si](C)(C)C. The van der Waals surface area contributed by atoms with Crippen molar-refractivity contribution in [2.24, 2.45) is 11.8 Å². The van der Waals surface area contributed by atoms with E-state index >= 15 is 0 Å². The van der Waals surface area contributed by atoms with E-state index in [1.54, 1.807) is 93.7 Å². The molecule has 712 valence electrons. The van der Waals surface area contributed by atoms with Crippen molar-refractivity contribution < 1.29 is 4.74 Å². The van der Waals surface area contributed by atoms with Crippen LogP contribution in [0.5, 0.6) is 0 Å². The highest BCUT2D eigenvalue weighted by Gasteiger charge is 2.71. The quantitative estimate of drug-likeness (QED) is 0.0710. The Morgan fingerprint density at radius 3 is 0.709 bits per heavy atom.